The Bertz CT molecular complexity index is 1400. The van der Waals surface area contributed by atoms with Crippen molar-refractivity contribution in [1.29, 1.82) is 0 Å². The van der Waals surface area contributed by atoms with Gasteiger partial charge in [0.05, 0.1) is 17.3 Å². The molecule has 6 nitrogen and oxygen atoms in total. The molecule has 0 saturated heterocycles. The molecule has 0 spiro atoms. The molecule has 1 aliphatic heterocycles. The minimum atomic E-state index is -0.511. The van der Waals surface area contributed by atoms with E-state index in [9.17, 15) is 9.18 Å². The van der Waals surface area contributed by atoms with Crippen LogP contribution in [0.25, 0.3) is 17.0 Å². The van der Waals surface area contributed by atoms with E-state index >= 15 is 0 Å². The van der Waals surface area contributed by atoms with Crippen molar-refractivity contribution in [2.75, 3.05) is 4.90 Å². The lowest BCUT2D eigenvalue weighted by atomic mass is 9.93. The summed E-state index contributed by atoms with van der Waals surface area (Å²) in [6.07, 6.45) is 0.908. The Morgan fingerprint density at radius 1 is 1.03 bits per heavy atom. The van der Waals surface area contributed by atoms with E-state index in [-0.39, 0.29) is 17.7 Å². The number of carbonyl (C=O) groups is 1. The standard InChI is InChI=1S/C27H22ClFN4O2/c1-3-17-4-6-18(7-5-17)24-23(26-31-25(32-35-26)19-8-10-20(28)11-9-19)16(2)33(27(34)30-24)22-14-12-21(29)13-15-22/h4-15,24H,3H2,1-2H3,(H,30,34). The van der Waals surface area contributed by atoms with Crippen molar-refractivity contribution in [3.8, 4) is 11.4 Å². The summed E-state index contributed by atoms with van der Waals surface area (Å²) in [5.41, 5.74) is 4.61. The van der Waals surface area contributed by atoms with Gasteiger partial charge in [0.25, 0.3) is 5.89 Å². The highest BCUT2D eigenvalue weighted by Crippen LogP contribution is 2.39. The van der Waals surface area contributed by atoms with Gasteiger partial charge >= 0.3 is 6.03 Å². The zero-order chi connectivity index (χ0) is 24.5. The maximum atomic E-state index is 13.6. The van der Waals surface area contributed by atoms with Crippen molar-refractivity contribution in [1.82, 2.24) is 15.5 Å². The van der Waals surface area contributed by atoms with Gasteiger partial charge in [-0.25, -0.2) is 9.18 Å². The zero-order valence-corrected chi connectivity index (χ0v) is 19.9. The highest BCUT2D eigenvalue weighted by atomic mass is 35.5. The molecule has 0 fully saturated rings. The van der Waals surface area contributed by atoms with E-state index in [0.717, 1.165) is 17.5 Å². The quantitative estimate of drug-likeness (QED) is 0.335. The van der Waals surface area contributed by atoms with Crippen LogP contribution in [0.3, 0.4) is 0 Å². The van der Waals surface area contributed by atoms with Crippen LogP contribution in [0, 0.1) is 5.82 Å². The van der Waals surface area contributed by atoms with Gasteiger partial charge in [-0.15, -0.1) is 0 Å². The largest absolute Gasteiger partial charge is 0.334 e. The van der Waals surface area contributed by atoms with Crippen LogP contribution in [0.4, 0.5) is 14.9 Å². The third kappa shape index (κ3) is 4.42. The predicted molar refractivity (Wildman–Crippen MR) is 133 cm³/mol. The second kappa shape index (κ2) is 9.35. The van der Waals surface area contributed by atoms with Gasteiger partial charge in [0, 0.05) is 16.3 Å². The Morgan fingerprint density at radius 2 is 1.71 bits per heavy atom. The number of nitrogens with zero attached hydrogens (tertiary/aromatic N) is 3. The molecule has 0 bridgehead atoms. The van der Waals surface area contributed by atoms with E-state index in [0.29, 0.717) is 27.8 Å². The van der Waals surface area contributed by atoms with Crippen molar-refractivity contribution < 1.29 is 13.7 Å². The number of halogens is 2. The summed E-state index contributed by atoms with van der Waals surface area (Å²) in [5.74, 6) is 0.304. The predicted octanol–water partition coefficient (Wildman–Crippen LogP) is 6.79. The van der Waals surface area contributed by atoms with E-state index in [1.165, 1.54) is 22.6 Å². The van der Waals surface area contributed by atoms with Gasteiger partial charge < -0.3 is 9.84 Å². The molecule has 8 heteroatoms. The number of nitrogens with one attached hydrogen (secondary N) is 1. The van der Waals surface area contributed by atoms with Crippen LogP contribution in [0.15, 0.2) is 83.0 Å². The van der Waals surface area contributed by atoms with Crippen molar-refractivity contribution in [2.45, 2.75) is 26.3 Å². The number of hydrogen-bond acceptors (Lipinski definition) is 4. The Labute approximate surface area is 207 Å². The number of aryl methyl sites for hydroxylation is 1. The highest BCUT2D eigenvalue weighted by Gasteiger charge is 2.36. The molecular formula is C27H22ClFN4O2. The first-order valence-electron chi connectivity index (χ1n) is 11.2. The Balaban J connectivity index is 1.63. The Hall–Kier alpha value is -3.97. The van der Waals surface area contributed by atoms with Crippen LogP contribution in [0.1, 0.15) is 36.9 Å². The summed E-state index contributed by atoms with van der Waals surface area (Å²) in [7, 11) is 0. The van der Waals surface area contributed by atoms with Crippen LogP contribution in [0.2, 0.25) is 5.02 Å². The van der Waals surface area contributed by atoms with Crippen LogP contribution in [0.5, 0.6) is 0 Å². The first-order valence-corrected chi connectivity index (χ1v) is 11.6. The van der Waals surface area contributed by atoms with Gasteiger partial charge in [-0.1, -0.05) is 47.9 Å². The molecule has 35 heavy (non-hydrogen) atoms. The average molecular weight is 489 g/mol. The molecule has 1 aliphatic rings. The summed E-state index contributed by atoms with van der Waals surface area (Å²) in [5, 5.41) is 7.83. The first kappa shape index (κ1) is 22.8. The van der Waals surface area contributed by atoms with Crippen LogP contribution < -0.4 is 10.2 Å². The minimum Gasteiger partial charge on any atom is -0.334 e. The second-order valence-electron chi connectivity index (χ2n) is 8.22. The summed E-state index contributed by atoms with van der Waals surface area (Å²) < 4.78 is 19.3. The number of anilines is 1. The van der Waals surface area contributed by atoms with Gasteiger partial charge in [0.2, 0.25) is 5.82 Å². The molecule has 1 aromatic heterocycles. The lowest BCUT2D eigenvalue weighted by Gasteiger charge is -2.35. The molecule has 1 N–H and O–H groups in total. The van der Waals surface area contributed by atoms with E-state index in [1.54, 1.807) is 24.3 Å². The normalized spacial score (nSPS) is 15.9. The van der Waals surface area contributed by atoms with Gasteiger partial charge in [0.15, 0.2) is 0 Å². The maximum Gasteiger partial charge on any atom is 0.326 e. The van der Waals surface area contributed by atoms with E-state index < -0.39 is 6.04 Å². The van der Waals surface area contributed by atoms with Crippen molar-refractivity contribution in [3.63, 3.8) is 0 Å². The molecule has 1 atom stereocenters. The van der Waals surface area contributed by atoms with Crippen molar-refractivity contribution in [3.05, 3.63) is 106 Å². The molecule has 2 heterocycles. The molecule has 5 rings (SSSR count). The Morgan fingerprint density at radius 3 is 2.37 bits per heavy atom. The minimum absolute atomic E-state index is 0.282. The van der Waals surface area contributed by atoms with E-state index in [2.05, 4.69) is 22.4 Å². The number of benzene rings is 3. The molecule has 176 valence electrons. The van der Waals surface area contributed by atoms with Crippen molar-refractivity contribution >= 4 is 28.9 Å². The number of allylic oxidation sites excluding steroid dienone is 1. The number of carbonyl (C=O) groups excluding carboxylic acids is 1. The first-order chi connectivity index (χ1) is 16.9. The molecule has 0 radical (unpaired) electrons. The third-order valence-electron chi connectivity index (χ3n) is 6.05. The monoisotopic (exact) mass is 488 g/mol. The van der Waals surface area contributed by atoms with Crippen LogP contribution >= 0.6 is 11.6 Å². The number of urea groups is 1. The molecule has 4 aromatic rings. The SMILES string of the molecule is CCc1ccc(C2NC(=O)N(c3ccc(F)cc3)C(C)=C2c2nc(-c3ccc(Cl)cc3)no2)cc1. The number of hydrogen-bond donors (Lipinski definition) is 1. The summed E-state index contributed by atoms with van der Waals surface area (Å²) in [4.78, 5) is 19.4. The average Bonchev–Trinajstić information content (AvgIpc) is 3.35. The molecule has 1 unspecified atom stereocenters. The lowest BCUT2D eigenvalue weighted by Crippen LogP contribution is -2.46. The fourth-order valence-electron chi connectivity index (χ4n) is 4.17. The van der Waals surface area contributed by atoms with Crippen LogP contribution in [-0.4, -0.2) is 16.2 Å². The van der Waals surface area contributed by atoms with Gasteiger partial charge in [-0.2, -0.15) is 4.98 Å². The fraction of sp³-hybridized carbons (Fsp3) is 0.148. The molecule has 0 saturated carbocycles. The third-order valence-corrected chi connectivity index (χ3v) is 6.30. The van der Waals surface area contributed by atoms with Crippen LogP contribution in [-0.2, 0) is 6.42 Å². The molecule has 2 amide bonds. The molecule has 3 aromatic carbocycles. The fourth-order valence-corrected chi connectivity index (χ4v) is 4.29. The zero-order valence-electron chi connectivity index (χ0n) is 19.1. The number of amides is 2. The summed E-state index contributed by atoms with van der Waals surface area (Å²) >= 11 is 6.01. The number of rotatable bonds is 5. The topological polar surface area (TPSA) is 71.3 Å². The smallest absolute Gasteiger partial charge is 0.326 e. The van der Waals surface area contributed by atoms with Gasteiger partial charge in [-0.05, 0) is 73.0 Å². The number of aromatic nitrogens is 2. The van der Waals surface area contributed by atoms with E-state index in [1.807, 2.05) is 43.3 Å². The summed E-state index contributed by atoms with van der Waals surface area (Å²) in [6.45, 7) is 3.90. The van der Waals surface area contributed by atoms with Crippen molar-refractivity contribution in [2.24, 2.45) is 0 Å². The van der Waals surface area contributed by atoms with E-state index in [4.69, 9.17) is 16.1 Å². The Kier molecular flexibility index (Phi) is 6.09. The summed E-state index contributed by atoms with van der Waals surface area (Å²) in [6, 6.07) is 20.1. The molecular weight excluding hydrogens is 467 g/mol. The maximum absolute atomic E-state index is 13.6. The van der Waals surface area contributed by atoms with Gasteiger partial charge in [0.1, 0.15) is 5.82 Å². The second-order valence-corrected chi connectivity index (χ2v) is 8.66. The lowest BCUT2D eigenvalue weighted by molar-refractivity contribution is 0.244. The van der Waals surface area contributed by atoms with Gasteiger partial charge in [-0.3, -0.25) is 4.90 Å². The highest BCUT2D eigenvalue weighted by molar-refractivity contribution is 6.30. The molecule has 0 aliphatic carbocycles.